The van der Waals surface area contributed by atoms with Crippen LogP contribution in [0, 0.1) is 0 Å². The summed E-state index contributed by atoms with van der Waals surface area (Å²) in [5.74, 6) is 2.12. The molecule has 0 aromatic heterocycles. The number of para-hydroxylation sites is 1. The Hall–Kier alpha value is -1.57. The Balaban J connectivity index is 2.48. The molecule has 84 valence electrons. The lowest BCUT2D eigenvalue weighted by molar-refractivity contribution is 0.415. The quantitative estimate of drug-likeness (QED) is 0.686. The van der Waals surface area contributed by atoms with Crippen molar-refractivity contribution in [3.05, 3.63) is 41.3 Å². The Labute approximate surface area is 96.7 Å². The van der Waals surface area contributed by atoms with Gasteiger partial charge in [0.25, 0.3) is 0 Å². The summed E-state index contributed by atoms with van der Waals surface area (Å²) in [6.45, 7) is 7.84. The first-order chi connectivity index (χ1) is 7.76. The lowest BCUT2D eigenvalue weighted by atomic mass is 9.90. The van der Waals surface area contributed by atoms with E-state index in [-0.39, 0.29) is 0 Å². The fourth-order valence-corrected chi connectivity index (χ4v) is 2.20. The van der Waals surface area contributed by atoms with Crippen LogP contribution in [-0.2, 0) is 0 Å². The molecule has 0 spiro atoms. The van der Waals surface area contributed by atoms with E-state index < -0.39 is 0 Å². The van der Waals surface area contributed by atoms with Crippen molar-refractivity contribution in [2.45, 2.75) is 32.6 Å². The second-order valence-corrected chi connectivity index (χ2v) is 4.19. The van der Waals surface area contributed by atoms with Gasteiger partial charge in [-0.25, -0.2) is 4.99 Å². The maximum Gasteiger partial charge on any atom is 0.217 e. The number of rotatable bonds is 2. The summed E-state index contributed by atoms with van der Waals surface area (Å²) in [7, 11) is 0. The molecule has 1 heterocycles. The Morgan fingerprint density at radius 2 is 2.19 bits per heavy atom. The molecule has 0 fully saturated rings. The zero-order valence-electron chi connectivity index (χ0n) is 9.86. The molecule has 0 radical (unpaired) electrons. The number of ether oxygens (including phenoxy) is 1. The molecular formula is C14H17NO. The number of benzene rings is 1. The molecule has 1 atom stereocenters. The van der Waals surface area contributed by atoms with Gasteiger partial charge in [0.05, 0.1) is 0 Å². The third kappa shape index (κ3) is 1.87. The van der Waals surface area contributed by atoms with Gasteiger partial charge in [-0.15, -0.1) is 0 Å². The minimum absolute atomic E-state index is 0.524. The van der Waals surface area contributed by atoms with Crippen LogP contribution in [0.5, 0.6) is 5.75 Å². The maximum atomic E-state index is 5.80. The normalized spacial score (nSPS) is 19.8. The van der Waals surface area contributed by atoms with Crippen LogP contribution in [0.3, 0.4) is 0 Å². The van der Waals surface area contributed by atoms with Gasteiger partial charge >= 0.3 is 0 Å². The standard InChI is InChI=1S/C14H17NO/c1-4-11-9-10(2)14(15-3)16-13-8-6-5-7-12(11)13/h5-8,11H,3-4,9H2,1-2H3. The summed E-state index contributed by atoms with van der Waals surface area (Å²) in [5, 5.41) is 0. The second-order valence-electron chi connectivity index (χ2n) is 4.19. The van der Waals surface area contributed by atoms with Gasteiger partial charge in [-0.3, -0.25) is 0 Å². The van der Waals surface area contributed by atoms with Crippen LogP contribution < -0.4 is 4.74 Å². The SMILES string of the molecule is C=NC1=C(C)CC(CC)c2ccccc2O1. The molecular weight excluding hydrogens is 198 g/mol. The fraction of sp³-hybridized carbons (Fsp3) is 0.357. The van der Waals surface area contributed by atoms with E-state index in [2.05, 4.69) is 37.7 Å². The topological polar surface area (TPSA) is 21.6 Å². The van der Waals surface area contributed by atoms with Gasteiger partial charge in [-0.2, -0.15) is 0 Å². The van der Waals surface area contributed by atoms with E-state index in [1.54, 1.807) is 0 Å². The average Bonchev–Trinajstić information content (AvgIpc) is 2.46. The minimum atomic E-state index is 0.524. The van der Waals surface area contributed by atoms with Gasteiger partial charge in [-0.05, 0) is 49.6 Å². The van der Waals surface area contributed by atoms with Crippen LogP contribution in [0.15, 0.2) is 40.7 Å². The van der Waals surface area contributed by atoms with Crippen LogP contribution in [0.4, 0.5) is 0 Å². The minimum Gasteiger partial charge on any atom is -0.439 e. The molecule has 0 N–H and O–H groups in total. The van der Waals surface area contributed by atoms with Gasteiger partial charge < -0.3 is 4.74 Å². The molecule has 0 aliphatic carbocycles. The van der Waals surface area contributed by atoms with Crippen molar-refractivity contribution in [1.29, 1.82) is 0 Å². The third-order valence-electron chi connectivity index (χ3n) is 3.12. The third-order valence-corrected chi connectivity index (χ3v) is 3.12. The van der Waals surface area contributed by atoms with Crippen LogP contribution in [0.1, 0.15) is 38.2 Å². The number of hydrogen-bond acceptors (Lipinski definition) is 2. The van der Waals surface area contributed by atoms with Crippen molar-refractivity contribution < 1.29 is 4.74 Å². The summed E-state index contributed by atoms with van der Waals surface area (Å²) < 4.78 is 5.80. The number of aliphatic imine (C=N–C) groups is 1. The number of hydrogen-bond donors (Lipinski definition) is 0. The van der Waals surface area contributed by atoms with Gasteiger partial charge in [0.15, 0.2) is 0 Å². The van der Waals surface area contributed by atoms with Crippen LogP contribution >= 0.6 is 0 Å². The Kier molecular flexibility index (Phi) is 3.09. The highest BCUT2D eigenvalue weighted by molar-refractivity contribution is 5.41. The summed E-state index contributed by atoms with van der Waals surface area (Å²) in [6, 6.07) is 8.20. The van der Waals surface area contributed by atoms with E-state index in [1.165, 1.54) is 11.1 Å². The van der Waals surface area contributed by atoms with Crippen molar-refractivity contribution >= 4 is 6.72 Å². The van der Waals surface area contributed by atoms with Gasteiger partial charge in [0, 0.05) is 0 Å². The molecule has 1 aliphatic rings. The molecule has 2 rings (SSSR count). The lowest BCUT2D eigenvalue weighted by Gasteiger charge is -2.14. The highest BCUT2D eigenvalue weighted by Gasteiger charge is 2.21. The van der Waals surface area contributed by atoms with Crippen molar-refractivity contribution in [1.82, 2.24) is 0 Å². The molecule has 1 aromatic carbocycles. The first kappa shape index (κ1) is 10.9. The molecule has 1 aromatic rings. The number of allylic oxidation sites excluding steroid dienone is 1. The van der Waals surface area contributed by atoms with Crippen molar-refractivity contribution in [2.75, 3.05) is 0 Å². The molecule has 1 unspecified atom stereocenters. The average molecular weight is 215 g/mol. The van der Waals surface area contributed by atoms with Crippen LogP contribution in [-0.4, -0.2) is 6.72 Å². The molecule has 16 heavy (non-hydrogen) atoms. The Morgan fingerprint density at radius 1 is 1.44 bits per heavy atom. The summed E-state index contributed by atoms with van der Waals surface area (Å²) >= 11 is 0. The smallest absolute Gasteiger partial charge is 0.217 e. The second kappa shape index (κ2) is 4.52. The van der Waals surface area contributed by atoms with E-state index >= 15 is 0 Å². The predicted molar refractivity (Wildman–Crippen MR) is 67.0 cm³/mol. The molecule has 2 heteroatoms. The van der Waals surface area contributed by atoms with E-state index in [0.29, 0.717) is 11.8 Å². The summed E-state index contributed by atoms with van der Waals surface area (Å²) in [5.41, 5.74) is 2.46. The largest absolute Gasteiger partial charge is 0.439 e. The van der Waals surface area contributed by atoms with Crippen LogP contribution in [0.2, 0.25) is 0 Å². The Morgan fingerprint density at radius 3 is 2.88 bits per heavy atom. The number of nitrogens with zero attached hydrogens (tertiary/aromatic N) is 1. The van der Waals surface area contributed by atoms with Gasteiger partial charge in [0.2, 0.25) is 5.88 Å². The van der Waals surface area contributed by atoms with Gasteiger partial charge in [0.1, 0.15) is 5.75 Å². The summed E-state index contributed by atoms with van der Waals surface area (Å²) in [6.07, 6.45) is 2.12. The lowest BCUT2D eigenvalue weighted by Crippen LogP contribution is -1.97. The van der Waals surface area contributed by atoms with Gasteiger partial charge in [-0.1, -0.05) is 25.1 Å². The molecule has 2 nitrogen and oxygen atoms in total. The highest BCUT2D eigenvalue weighted by atomic mass is 16.5. The van der Waals surface area contributed by atoms with E-state index in [0.717, 1.165) is 18.6 Å². The van der Waals surface area contributed by atoms with E-state index in [1.807, 2.05) is 12.1 Å². The first-order valence-corrected chi connectivity index (χ1v) is 5.69. The predicted octanol–water partition coefficient (Wildman–Crippen LogP) is 3.89. The van der Waals surface area contributed by atoms with Crippen molar-refractivity contribution in [3.63, 3.8) is 0 Å². The van der Waals surface area contributed by atoms with Crippen molar-refractivity contribution in [3.8, 4) is 5.75 Å². The monoisotopic (exact) mass is 215 g/mol. The highest BCUT2D eigenvalue weighted by Crippen LogP contribution is 2.38. The number of fused-ring (bicyclic) bond motifs is 1. The van der Waals surface area contributed by atoms with Crippen molar-refractivity contribution in [2.24, 2.45) is 4.99 Å². The van der Waals surface area contributed by atoms with E-state index in [9.17, 15) is 0 Å². The van der Waals surface area contributed by atoms with E-state index in [4.69, 9.17) is 4.74 Å². The maximum absolute atomic E-state index is 5.80. The Bertz CT molecular complexity index is 434. The molecule has 0 amide bonds. The zero-order chi connectivity index (χ0) is 11.5. The first-order valence-electron chi connectivity index (χ1n) is 5.69. The summed E-state index contributed by atoms with van der Waals surface area (Å²) in [4.78, 5) is 3.96. The van der Waals surface area contributed by atoms with Crippen LogP contribution in [0.25, 0.3) is 0 Å². The molecule has 0 bridgehead atoms. The fourth-order valence-electron chi connectivity index (χ4n) is 2.20. The molecule has 1 aliphatic heterocycles. The molecule has 0 saturated carbocycles. The molecule has 0 saturated heterocycles. The zero-order valence-corrected chi connectivity index (χ0v) is 9.86.